The zero-order valence-corrected chi connectivity index (χ0v) is 19.6. The largest absolute Gasteiger partial charge is 0.457 e. The van der Waals surface area contributed by atoms with Gasteiger partial charge in [-0.1, -0.05) is 36.4 Å². The molecule has 4 rings (SSSR count). The van der Waals surface area contributed by atoms with Crippen LogP contribution in [0.5, 0.6) is 11.5 Å². The molecule has 0 radical (unpaired) electrons. The highest BCUT2D eigenvalue weighted by Crippen LogP contribution is 2.41. The Bertz CT molecular complexity index is 1280. The fourth-order valence-corrected chi connectivity index (χ4v) is 6.34. The van der Waals surface area contributed by atoms with Gasteiger partial charge in [-0.3, -0.25) is 19.8 Å². The number of hydrogen-bond donors (Lipinski definition) is 2. The highest BCUT2D eigenvalue weighted by molar-refractivity contribution is 7.92. The minimum atomic E-state index is -3.93. The molecule has 0 saturated carbocycles. The molecular weight excluding hydrogens is 470 g/mol. The Balaban J connectivity index is 1.66. The van der Waals surface area contributed by atoms with Crippen molar-refractivity contribution in [1.82, 2.24) is 15.4 Å². The molecular formula is C25H25N3O6S. The Kier molecular flexibility index (Phi) is 7.13. The zero-order valence-electron chi connectivity index (χ0n) is 18.8. The summed E-state index contributed by atoms with van der Waals surface area (Å²) in [5, 5.41) is 9.18. The van der Waals surface area contributed by atoms with Crippen molar-refractivity contribution in [3.63, 3.8) is 0 Å². The van der Waals surface area contributed by atoms with Crippen molar-refractivity contribution in [3.05, 3.63) is 90.3 Å². The van der Waals surface area contributed by atoms with E-state index in [1.807, 2.05) is 18.2 Å². The Labute approximate surface area is 203 Å². The molecule has 2 amide bonds. The lowest BCUT2D eigenvalue weighted by molar-refractivity contribution is -0.130. The summed E-state index contributed by atoms with van der Waals surface area (Å²) in [7, 11) is -3.93. The zero-order chi connectivity index (χ0) is 24.9. The predicted molar refractivity (Wildman–Crippen MR) is 128 cm³/mol. The summed E-state index contributed by atoms with van der Waals surface area (Å²) in [4.78, 5) is 30.7. The summed E-state index contributed by atoms with van der Waals surface area (Å²) in [6.07, 6.45) is 0.979. The van der Waals surface area contributed by atoms with E-state index in [4.69, 9.17) is 4.74 Å². The van der Waals surface area contributed by atoms with E-state index >= 15 is 0 Å². The van der Waals surface area contributed by atoms with Gasteiger partial charge in [0.2, 0.25) is 5.91 Å². The lowest BCUT2D eigenvalue weighted by atomic mass is 9.90. The number of ether oxygens (including phenoxy) is 1. The van der Waals surface area contributed by atoms with Crippen LogP contribution in [0.4, 0.5) is 0 Å². The van der Waals surface area contributed by atoms with Crippen LogP contribution in [0.2, 0.25) is 0 Å². The van der Waals surface area contributed by atoms with E-state index in [1.165, 1.54) is 11.1 Å². The molecule has 2 heterocycles. The maximum atomic E-state index is 13.6. The molecule has 10 heteroatoms. The predicted octanol–water partition coefficient (Wildman–Crippen LogP) is 2.93. The number of hydroxylamine groups is 1. The minimum absolute atomic E-state index is 0.0276. The Morgan fingerprint density at radius 1 is 0.971 bits per heavy atom. The molecule has 35 heavy (non-hydrogen) atoms. The Morgan fingerprint density at radius 2 is 1.66 bits per heavy atom. The second-order valence-electron chi connectivity index (χ2n) is 8.22. The SMILES string of the molecule is O=C(CC1(c2ccc(Oc3ccccc3)cc2)CCN(C(=O)c2ccccn2)CCS1(=O)=O)NO. The normalized spacial score (nSPS) is 19.4. The van der Waals surface area contributed by atoms with Crippen molar-refractivity contribution in [2.24, 2.45) is 0 Å². The summed E-state index contributed by atoms with van der Waals surface area (Å²) < 4.78 is 31.4. The molecule has 1 aliphatic rings. The van der Waals surface area contributed by atoms with Crippen LogP contribution in [-0.2, 0) is 19.4 Å². The number of aromatic nitrogens is 1. The number of sulfone groups is 1. The molecule has 1 unspecified atom stereocenters. The molecule has 2 N–H and O–H groups in total. The Morgan fingerprint density at radius 3 is 2.31 bits per heavy atom. The third-order valence-electron chi connectivity index (χ3n) is 6.11. The number of carbonyl (C=O) groups is 2. The quantitative estimate of drug-likeness (QED) is 0.398. The molecule has 0 spiro atoms. The lowest BCUT2D eigenvalue weighted by Crippen LogP contribution is -2.42. The van der Waals surface area contributed by atoms with Gasteiger partial charge in [0.1, 0.15) is 21.9 Å². The fraction of sp³-hybridized carbons (Fsp3) is 0.240. The second kappa shape index (κ2) is 10.2. The summed E-state index contributed by atoms with van der Waals surface area (Å²) >= 11 is 0. The van der Waals surface area contributed by atoms with Gasteiger partial charge in [-0.05, 0) is 48.4 Å². The third-order valence-corrected chi connectivity index (χ3v) is 8.61. The number of amides is 2. The summed E-state index contributed by atoms with van der Waals surface area (Å²) in [6.45, 7) is 0.0606. The molecule has 9 nitrogen and oxygen atoms in total. The van der Waals surface area contributed by atoms with E-state index < -0.39 is 26.9 Å². The number of benzene rings is 2. The van der Waals surface area contributed by atoms with Crippen LogP contribution < -0.4 is 10.2 Å². The molecule has 1 fully saturated rings. The van der Waals surface area contributed by atoms with Crippen LogP contribution in [-0.4, -0.2) is 54.2 Å². The first-order valence-corrected chi connectivity index (χ1v) is 12.7. The molecule has 2 aromatic carbocycles. The van der Waals surface area contributed by atoms with Gasteiger partial charge in [0, 0.05) is 19.3 Å². The molecule has 1 saturated heterocycles. The summed E-state index contributed by atoms with van der Waals surface area (Å²) in [5.74, 6) is -0.426. The monoisotopic (exact) mass is 495 g/mol. The summed E-state index contributed by atoms with van der Waals surface area (Å²) in [6, 6.07) is 20.6. The highest BCUT2D eigenvalue weighted by Gasteiger charge is 2.49. The van der Waals surface area contributed by atoms with Crippen molar-refractivity contribution in [1.29, 1.82) is 0 Å². The second-order valence-corrected chi connectivity index (χ2v) is 10.6. The van der Waals surface area contributed by atoms with Crippen molar-refractivity contribution in [3.8, 4) is 11.5 Å². The average molecular weight is 496 g/mol. The van der Waals surface area contributed by atoms with Crippen LogP contribution in [0.3, 0.4) is 0 Å². The maximum absolute atomic E-state index is 13.6. The number of para-hydroxylation sites is 1. The van der Waals surface area contributed by atoms with Gasteiger partial charge in [-0.15, -0.1) is 0 Å². The smallest absolute Gasteiger partial charge is 0.272 e. The molecule has 182 valence electrons. The van der Waals surface area contributed by atoms with Gasteiger partial charge >= 0.3 is 0 Å². The van der Waals surface area contributed by atoms with Crippen LogP contribution in [0.25, 0.3) is 0 Å². The van der Waals surface area contributed by atoms with E-state index in [9.17, 15) is 23.2 Å². The van der Waals surface area contributed by atoms with Gasteiger partial charge in [-0.2, -0.15) is 0 Å². The average Bonchev–Trinajstić information content (AvgIpc) is 3.01. The van der Waals surface area contributed by atoms with E-state index in [1.54, 1.807) is 60.1 Å². The topological polar surface area (TPSA) is 126 Å². The van der Waals surface area contributed by atoms with Crippen LogP contribution in [0.1, 0.15) is 28.9 Å². The first kappa shape index (κ1) is 24.4. The van der Waals surface area contributed by atoms with Crippen molar-refractivity contribution >= 4 is 21.7 Å². The molecule has 0 bridgehead atoms. The number of nitrogens with one attached hydrogen (secondary N) is 1. The maximum Gasteiger partial charge on any atom is 0.272 e. The number of pyridine rings is 1. The minimum Gasteiger partial charge on any atom is -0.457 e. The molecule has 0 aliphatic carbocycles. The molecule has 1 aromatic heterocycles. The van der Waals surface area contributed by atoms with Crippen molar-refractivity contribution in [2.45, 2.75) is 17.6 Å². The van der Waals surface area contributed by atoms with Gasteiger partial charge in [-0.25, -0.2) is 13.9 Å². The van der Waals surface area contributed by atoms with Crippen LogP contribution in [0, 0.1) is 0 Å². The van der Waals surface area contributed by atoms with E-state index in [2.05, 4.69) is 4.98 Å². The van der Waals surface area contributed by atoms with Gasteiger partial charge in [0.05, 0.1) is 12.2 Å². The highest BCUT2D eigenvalue weighted by atomic mass is 32.2. The first-order chi connectivity index (χ1) is 16.8. The van der Waals surface area contributed by atoms with Crippen LogP contribution >= 0.6 is 0 Å². The standard InChI is InChI=1S/C25H25N3O6S/c29-23(27-31)18-25(19-9-11-21(12-10-19)34-20-6-2-1-3-7-20)13-15-28(16-17-35(25,32)33)24(30)22-8-4-5-14-26-22/h1-12,14,31H,13,15-18H2,(H,27,29). The van der Waals surface area contributed by atoms with Crippen molar-refractivity contribution < 1.29 is 28.0 Å². The van der Waals surface area contributed by atoms with Gasteiger partial charge in [0.15, 0.2) is 9.84 Å². The number of nitrogens with zero attached hydrogens (tertiary/aromatic N) is 2. The first-order valence-electron chi connectivity index (χ1n) is 11.0. The fourth-order valence-electron chi connectivity index (χ4n) is 4.24. The molecule has 3 aromatic rings. The number of hydrogen-bond acceptors (Lipinski definition) is 7. The Hall–Kier alpha value is -3.76. The number of rotatable bonds is 6. The third kappa shape index (κ3) is 5.18. The van der Waals surface area contributed by atoms with E-state index in [0.29, 0.717) is 17.1 Å². The van der Waals surface area contributed by atoms with Crippen LogP contribution in [0.15, 0.2) is 79.0 Å². The van der Waals surface area contributed by atoms with Gasteiger partial charge in [0.25, 0.3) is 5.91 Å². The van der Waals surface area contributed by atoms with E-state index in [0.717, 1.165) is 0 Å². The summed E-state index contributed by atoms with van der Waals surface area (Å²) in [5.41, 5.74) is 2.15. The van der Waals surface area contributed by atoms with E-state index in [-0.39, 0.29) is 36.9 Å². The lowest BCUT2D eigenvalue weighted by Gasteiger charge is -2.32. The van der Waals surface area contributed by atoms with Crippen molar-refractivity contribution in [2.75, 3.05) is 18.8 Å². The molecule has 1 aliphatic heterocycles. The molecule has 1 atom stereocenters. The van der Waals surface area contributed by atoms with Gasteiger partial charge < -0.3 is 9.64 Å². The number of carbonyl (C=O) groups excluding carboxylic acids is 2.